The van der Waals surface area contributed by atoms with Gasteiger partial charge >= 0.3 is 0 Å². The van der Waals surface area contributed by atoms with Crippen molar-refractivity contribution >= 4 is 46.5 Å². The maximum absolute atomic E-state index is 13.6. The van der Waals surface area contributed by atoms with Gasteiger partial charge in [0.15, 0.2) is 5.16 Å². The summed E-state index contributed by atoms with van der Waals surface area (Å²) in [6.07, 6.45) is 4.08. The molecule has 0 saturated heterocycles. The van der Waals surface area contributed by atoms with Crippen LogP contribution in [0.1, 0.15) is 23.7 Å². The van der Waals surface area contributed by atoms with E-state index in [9.17, 15) is 14.0 Å². The van der Waals surface area contributed by atoms with Gasteiger partial charge in [-0.3, -0.25) is 9.59 Å². The second kappa shape index (κ2) is 12.7. The molecule has 0 spiro atoms. The van der Waals surface area contributed by atoms with Gasteiger partial charge in [0.2, 0.25) is 5.91 Å². The fourth-order valence-corrected chi connectivity index (χ4v) is 4.94. The molecule has 10 heteroatoms. The molecule has 0 fully saturated rings. The quantitative estimate of drug-likeness (QED) is 0.158. The number of anilines is 4. The summed E-state index contributed by atoms with van der Waals surface area (Å²) in [5.74, 6) is 0.00188. The van der Waals surface area contributed by atoms with Gasteiger partial charge in [0, 0.05) is 53.4 Å². The Morgan fingerprint density at radius 1 is 0.857 bits per heavy atom. The van der Waals surface area contributed by atoms with E-state index in [4.69, 9.17) is 4.98 Å². The van der Waals surface area contributed by atoms with Gasteiger partial charge in [-0.2, -0.15) is 0 Å². The van der Waals surface area contributed by atoms with Crippen LogP contribution in [0.2, 0.25) is 0 Å². The van der Waals surface area contributed by atoms with E-state index in [-0.39, 0.29) is 17.6 Å². The average Bonchev–Trinajstić information content (AvgIpc) is 3.34. The fourth-order valence-electron chi connectivity index (χ4n) is 4.39. The smallest absolute Gasteiger partial charge is 0.255 e. The van der Waals surface area contributed by atoms with Crippen LogP contribution in [0.4, 0.5) is 27.3 Å². The number of amides is 2. The summed E-state index contributed by atoms with van der Waals surface area (Å²) in [5, 5.41) is 9.81. The predicted octanol–water partition coefficient (Wildman–Crippen LogP) is 7.35. The summed E-state index contributed by atoms with van der Waals surface area (Å²) >= 11 is 1.54. The standard InChI is InChI=1S/C32H29FN6O2S/c1-4-28(40)36-25-11-7-21(8-12-25)31(41)37-26-15-13-24(14-16-26)35-27-19-22(17-18-34-27)30-29(38-32(42-3)39(30)2)20-5-9-23(33)10-6-20/h5-19H,4H2,1-3H3,(H,34,35)(H,36,40)(H,37,41). The van der Waals surface area contributed by atoms with E-state index in [1.54, 1.807) is 61.7 Å². The third-order valence-electron chi connectivity index (χ3n) is 6.55. The van der Waals surface area contributed by atoms with Crippen LogP contribution in [0.15, 0.2) is 96.3 Å². The van der Waals surface area contributed by atoms with Crippen LogP contribution < -0.4 is 16.0 Å². The zero-order valence-electron chi connectivity index (χ0n) is 23.3. The van der Waals surface area contributed by atoms with Gasteiger partial charge in [0.1, 0.15) is 11.6 Å². The van der Waals surface area contributed by atoms with Crippen molar-refractivity contribution in [1.82, 2.24) is 14.5 Å². The van der Waals surface area contributed by atoms with E-state index in [0.29, 0.717) is 29.2 Å². The number of hydrogen-bond donors (Lipinski definition) is 3. The van der Waals surface area contributed by atoms with Crippen molar-refractivity contribution in [3.05, 3.63) is 103 Å². The van der Waals surface area contributed by atoms with Crippen molar-refractivity contribution in [3.63, 3.8) is 0 Å². The Labute approximate surface area is 247 Å². The van der Waals surface area contributed by atoms with E-state index in [2.05, 4.69) is 20.9 Å². The Morgan fingerprint density at radius 2 is 1.50 bits per heavy atom. The lowest BCUT2D eigenvalue weighted by Crippen LogP contribution is -2.13. The monoisotopic (exact) mass is 580 g/mol. The van der Waals surface area contributed by atoms with Gasteiger partial charge < -0.3 is 20.5 Å². The molecule has 0 aliphatic rings. The van der Waals surface area contributed by atoms with E-state index in [1.165, 1.54) is 23.9 Å². The molecular formula is C32H29FN6O2S. The molecule has 5 aromatic rings. The third kappa shape index (κ3) is 6.50. The number of benzene rings is 3. The number of nitrogens with zero attached hydrogens (tertiary/aromatic N) is 3. The van der Waals surface area contributed by atoms with E-state index >= 15 is 0 Å². The summed E-state index contributed by atoms with van der Waals surface area (Å²) in [5.41, 5.74) is 5.95. The summed E-state index contributed by atoms with van der Waals surface area (Å²) in [6, 6.07) is 24.2. The average molecular weight is 581 g/mol. The zero-order valence-corrected chi connectivity index (χ0v) is 24.1. The maximum atomic E-state index is 13.6. The van der Waals surface area contributed by atoms with Crippen molar-refractivity contribution in [2.75, 3.05) is 22.2 Å². The van der Waals surface area contributed by atoms with Crippen LogP contribution in [-0.2, 0) is 11.8 Å². The number of pyridine rings is 1. The van der Waals surface area contributed by atoms with Crippen molar-refractivity contribution in [1.29, 1.82) is 0 Å². The minimum Gasteiger partial charge on any atom is -0.340 e. The molecule has 2 amide bonds. The molecule has 0 unspecified atom stereocenters. The van der Waals surface area contributed by atoms with Gasteiger partial charge in [-0.15, -0.1) is 0 Å². The molecule has 0 radical (unpaired) electrons. The van der Waals surface area contributed by atoms with Gasteiger partial charge in [-0.25, -0.2) is 14.4 Å². The molecule has 2 heterocycles. The van der Waals surface area contributed by atoms with Crippen LogP contribution in [0.3, 0.4) is 0 Å². The topological polar surface area (TPSA) is 101 Å². The number of halogens is 1. The van der Waals surface area contributed by atoms with Crippen molar-refractivity contribution in [2.24, 2.45) is 7.05 Å². The lowest BCUT2D eigenvalue weighted by atomic mass is 10.1. The van der Waals surface area contributed by atoms with Crippen molar-refractivity contribution < 1.29 is 14.0 Å². The molecule has 3 aromatic carbocycles. The second-order valence-corrected chi connectivity index (χ2v) is 10.2. The Balaban J connectivity index is 1.30. The first-order valence-electron chi connectivity index (χ1n) is 13.3. The predicted molar refractivity (Wildman–Crippen MR) is 167 cm³/mol. The summed E-state index contributed by atoms with van der Waals surface area (Å²) in [6.45, 7) is 1.78. The highest BCUT2D eigenvalue weighted by Gasteiger charge is 2.18. The lowest BCUT2D eigenvalue weighted by molar-refractivity contribution is -0.115. The number of hydrogen-bond acceptors (Lipinski definition) is 6. The molecular weight excluding hydrogens is 551 g/mol. The molecule has 5 rings (SSSR count). The fraction of sp³-hybridized carbons (Fsp3) is 0.125. The van der Waals surface area contributed by atoms with E-state index in [0.717, 1.165) is 33.4 Å². The number of carbonyl (C=O) groups is 2. The van der Waals surface area contributed by atoms with Gasteiger partial charge in [-0.1, -0.05) is 18.7 Å². The molecule has 8 nitrogen and oxygen atoms in total. The Morgan fingerprint density at radius 3 is 2.17 bits per heavy atom. The first kappa shape index (κ1) is 28.6. The van der Waals surface area contributed by atoms with Crippen LogP contribution >= 0.6 is 11.8 Å². The first-order chi connectivity index (χ1) is 20.3. The van der Waals surface area contributed by atoms with Crippen molar-refractivity contribution in [3.8, 4) is 22.5 Å². The van der Waals surface area contributed by atoms with Gasteiger partial charge in [0.05, 0.1) is 11.4 Å². The Bertz CT molecular complexity index is 1720. The molecule has 0 bridgehead atoms. The molecule has 0 aliphatic carbocycles. The largest absolute Gasteiger partial charge is 0.340 e. The summed E-state index contributed by atoms with van der Waals surface area (Å²) in [7, 11) is 1.96. The molecule has 0 aliphatic heterocycles. The molecule has 212 valence electrons. The van der Waals surface area contributed by atoms with E-state index < -0.39 is 0 Å². The molecule has 0 atom stereocenters. The van der Waals surface area contributed by atoms with Gasteiger partial charge in [-0.05, 0) is 91.2 Å². The van der Waals surface area contributed by atoms with Gasteiger partial charge in [0.25, 0.3) is 5.91 Å². The second-order valence-electron chi connectivity index (χ2n) is 9.43. The maximum Gasteiger partial charge on any atom is 0.255 e. The Hall–Kier alpha value is -4.96. The van der Waals surface area contributed by atoms with Crippen molar-refractivity contribution in [2.45, 2.75) is 18.5 Å². The first-order valence-corrected chi connectivity index (χ1v) is 14.5. The molecule has 42 heavy (non-hydrogen) atoms. The third-order valence-corrected chi connectivity index (χ3v) is 7.29. The molecule has 2 aromatic heterocycles. The number of carbonyl (C=O) groups excluding carboxylic acids is 2. The number of nitrogens with one attached hydrogen (secondary N) is 3. The number of thioether (sulfide) groups is 1. The van der Waals surface area contributed by atoms with Crippen LogP contribution in [0.25, 0.3) is 22.5 Å². The highest BCUT2D eigenvalue weighted by Crippen LogP contribution is 2.35. The Kier molecular flexibility index (Phi) is 8.63. The minimum atomic E-state index is -0.296. The number of imidazole rings is 1. The lowest BCUT2D eigenvalue weighted by Gasteiger charge is -2.11. The zero-order chi connectivity index (χ0) is 29.6. The highest BCUT2D eigenvalue weighted by molar-refractivity contribution is 7.98. The summed E-state index contributed by atoms with van der Waals surface area (Å²) in [4.78, 5) is 33.5. The van der Waals surface area contributed by atoms with E-state index in [1.807, 2.05) is 42.1 Å². The van der Waals surface area contributed by atoms with Crippen LogP contribution in [-0.4, -0.2) is 32.6 Å². The normalized spacial score (nSPS) is 10.8. The van der Waals surface area contributed by atoms with Crippen LogP contribution in [0.5, 0.6) is 0 Å². The molecule has 0 saturated carbocycles. The number of rotatable bonds is 9. The van der Waals surface area contributed by atoms with Crippen LogP contribution in [0, 0.1) is 5.82 Å². The molecule has 3 N–H and O–H groups in total. The minimum absolute atomic E-state index is 0.0840. The summed E-state index contributed by atoms with van der Waals surface area (Å²) < 4.78 is 15.6. The SMILES string of the molecule is CCC(=O)Nc1ccc(C(=O)Nc2ccc(Nc3cc(-c4c(-c5ccc(F)cc5)nc(SC)n4C)ccn3)cc2)cc1. The number of aromatic nitrogens is 3. The highest BCUT2D eigenvalue weighted by atomic mass is 32.2.